The highest BCUT2D eigenvalue weighted by Gasteiger charge is 2.39. The van der Waals surface area contributed by atoms with Crippen LogP contribution in [-0.4, -0.2) is 23.4 Å². The van der Waals surface area contributed by atoms with Gasteiger partial charge in [0.25, 0.3) is 0 Å². The molecule has 0 radical (unpaired) electrons. The lowest BCUT2D eigenvalue weighted by atomic mass is 9.92. The maximum Gasteiger partial charge on any atom is 0.241 e. The van der Waals surface area contributed by atoms with Gasteiger partial charge in [0.2, 0.25) is 5.91 Å². The maximum atomic E-state index is 12.7. The first-order valence-corrected chi connectivity index (χ1v) is 8.95. The van der Waals surface area contributed by atoms with E-state index in [-0.39, 0.29) is 23.5 Å². The van der Waals surface area contributed by atoms with E-state index in [1.165, 1.54) is 5.56 Å². The van der Waals surface area contributed by atoms with Gasteiger partial charge >= 0.3 is 0 Å². The average molecular weight is 308 g/mol. The Morgan fingerprint density at radius 3 is 2.71 bits per heavy atom. The normalized spacial score (nSPS) is 23.0. The summed E-state index contributed by atoms with van der Waals surface area (Å²) in [5.74, 6) is 0.281. The zero-order valence-electron chi connectivity index (χ0n) is 13.7. The predicted molar refractivity (Wildman–Crippen MR) is 89.3 cm³/mol. The average Bonchev–Trinajstić information content (AvgIpc) is 3.01. The van der Waals surface area contributed by atoms with Crippen LogP contribution in [0.15, 0.2) is 16.8 Å². The van der Waals surface area contributed by atoms with Crippen LogP contribution in [0.3, 0.4) is 0 Å². The molecule has 2 rings (SSSR count). The van der Waals surface area contributed by atoms with Gasteiger partial charge in [0.05, 0.1) is 6.04 Å². The fraction of sp³-hybridized carbons (Fsp3) is 0.706. The molecule has 0 saturated carbocycles. The number of nitrogens with zero attached hydrogens (tertiary/aromatic N) is 1. The quantitative estimate of drug-likeness (QED) is 0.855. The van der Waals surface area contributed by atoms with Crippen LogP contribution in [0.4, 0.5) is 0 Å². The number of amides is 1. The first-order valence-electron chi connectivity index (χ1n) is 8.01. The summed E-state index contributed by atoms with van der Waals surface area (Å²) in [6.07, 6.45) is 4.28. The topological polar surface area (TPSA) is 32.3 Å². The third-order valence-corrected chi connectivity index (χ3v) is 4.76. The van der Waals surface area contributed by atoms with E-state index in [0.29, 0.717) is 0 Å². The number of hydrogen-bond acceptors (Lipinski definition) is 3. The third-order valence-electron chi connectivity index (χ3n) is 4.06. The Balaban J connectivity index is 2.10. The van der Waals surface area contributed by atoms with Crippen molar-refractivity contribution in [1.29, 1.82) is 0 Å². The van der Waals surface area contributed by atoms with Gasteiger partial charge in [-0.1, -0.05) is 40.5 Å². The van der Waals surface area contributed by atoms with Crippen molar-refractivity contribution in [1.82, 2.24) is 10.2 Å². The summed E-state index contributed by atoms with van der Waals surface area (Å²) in [5, 5.41) is 7.78. The summed E-state index contributed by atoms with van der Waals surface area (Å²) in [7, 11) is 0. The fourth-order valence-corrected chi connectivity index (χ4v) is 3.38. The Kier molecular flexibility index (Phi) is 5.44. The molecule has 1 aliphatic heterocycles. The van der Waals surface area contributed by atoms with Gasteiger partial charge in [-0.2, -0.15) is 11.3 Å². The van der Waals surface area contributed by atoms with Crippen LogP contribution in [0.25, 0.3) is 0 Å². The molecular formula is C17H28N2OS. The van der Waals surface area contributed by atoms with Crippen molar-refractivity contribution in [2.24, 2.45) is 5.41 Å². The summed E-state index contributed by atoms with van der Waals surface area (Å²) in [4.78, 5) is 14.7. The van der Waals surface area contributed by atoms with Gasteiger partial charge in [0.15, 0.2) is 0 Å². The smallest absolute Gasteiger partial charge is 0.241 e. The van der Waals surface area contributed by atoms with Crippen molar-refractivity contribution in [3.63, 3.8) is 0 Å². The van der Waals surface area contributed by atoms with E-state index in [2.05, 4.69) is 49.8 Å². The van der Waals surface area contributed by atoms with Gasteiger partial charge < -0.3 is 4.90 Å². The van der Waals surface area contributed by atoms with Gasteiger partial charge in [-0.15, -0.1) is 0 Å². The summed E-state index contributed by atoms with van der Waals surface area (Å²) in [6.45, 7) is 9.70. The Morgan fingerprint density at radius 2 is 2.14 bits per heavy atom. The Bertz CT molecular complexity index is 450. The van der Waals surface area contributed by atoms with E-state index in [1.807, 2.05) is 4.90 Å². The lowest BCUT2D eigenvalue weighted by Gasteiger charge is -2.27. The minimum Gasteiger partial charge on any atom is -0.322 e. The van der Waals surface area contributed by atoms with Crippen molar-refractivity contribution in [3.8, 4) is 0 Å². The van der Waals surface area contributed by atoms with Crippen molar-refractivity contribution in [3.05, 3.63) is 22.4 Å². The zero-order chi connectivity index (χ0) is 15.5. The molecular weight excluding hydrogens is 280 g/mol. The molecule has 2 unspecified atom stereocenters. The van der Waals surface area contributed by atoms with Crippen LogP contribution in [0.1, 0.15) is 65.1 Å². The summed E-state index contributed by atoms with van der Waals surface area (Å²) in [6, 6.07) is 2.12. The minimum absolute atomic E-state index is 0.00480. The third kappa shape index (κ3) is 4.30. The van der Waals surface area contributed by atoms with Crippen LogP contribution in [-0.2, 0) is 4.79 Å². The van der Waals surface area contributed by atoms with Crippen molar-refractivity contribution >= 4 is 17.2 Å². The number of rotatable bonds is 6. The number of nitrogens with one attached hydrogen (secondary N) is 1. The van der Waals surface area contributed by atoms with Crippen molar-refractivity contribution in [2.75, 3.05) is 6.54 Å². The molecule has 0 spiro atoms. The van der Waals surface area contributed by atoms with Gasteiger partial charge in [-0.3, -0.25) is 10.1 Å². The second-order valence-corrected chi connectivity index (χ2v) is 7.94. The first-order chi connectivity index (χ1) is 9.92. The molecule has 1 N–H and O–H groups in total. The highest BCUT2D eigenvalue weighted by atomic mass is 32.1. The Labute approximate surface area is 132 Å². The number of carbonyl (C=O) groups excluding carboxylic acids is 1. The van der Waals surface area contributed by atoms with E-state index in [1.54, 1.807) is 11.3 Å². The van der Waals surface area contributed by atoms with Crippen LogP contribution >= 0.6 is 11.3 Å². The van der Waals surface area contributed by atoms with Gasteiger partial charge in [-0.25, -0.2) is 0 Å². The molecule has 1 aliphatic rings. The molecule has 1 aromatic rings. The lowest BCUT2D eigenvalue weighted by Crippen LogP contribution is -2.33. The van der Waals surface area contributed by atoms with Crippen molar-refractivity contribution < 1.29 is 4.79 Å². The number of hydrogen-bond donors (Lipinski definition) is 1. The summed E-state index contributed by atoms with van der Waals surface area (Å²) < 4.78 is 0. The maximum absolute atomic E-state index is 12.7. The number of thiophene rings is 1. The standard InChI is InChI=1S/C17H28N2OS/c1-5-6-7-14-16(20)19(10-9-17(2,3)4)15(18-14)13-8-11-21-12-13/h8,11-12,14-15,18H,5-7,9-10H2,1-4H3. The second kappa shape index (κ2) is 6.93. The van der Waals surface area contributed by atoms with E-state index in [4.69, 9.17) is 0 Å². The lowest BCUT2D eigenvalue weighted by molar-refractivity contribution is -0.130. The molecule has 2 atom stereocenters. The Hall–Kier alpha value is -0.870. The highest BCUT2D eigenvalue weighted by Crippen LogP contribution is 2.30. The second-order valence-electron chi connectivity index (χ2n) is 7.16. The molecule has 1 saturated heterocycles. The number of carbonyl (C=O) groups is 1. The number of unbranched alkanes of at least 4 members (excludes halogenated alkanes) is 1. The van der Waals surface area contributed by atoms with Crippen LogP contribution in [0, 0.1) is 5.41 Å². The van der Waals surface area contributed by atoms with E-state index >= 15 is 0 Å². The van der Waals surface area contributed by atoms with Gasteiger partial charge in [0, 0.05) is 6.54 Å². The Morgan fingerprint density at radius 1 is 1.38 bits per heavy atom. The summed E-state index contributed by atoms with van der Waals surface area (Å²) in [5.41, 5.74) is 1.47. The van der Waals surface area contributed by atoms with Gasteiger partial charge in [0.1, 0.15) is 6.17 Å². The zero-order valence-corrected chi connectivity index (χ0v) is 14.5. The SMILES string of the molecule is CCCCC1NC(c2ccsc2)N(CCC(C)(C)C)C1=O. The van der Waals surface area contributed by atoms with Crippen LogP contribution in [0.2, 0.25) is 0 Å². The molecule has 0 aliphatic carbocycles. The molecule has 21 heavy (non-hydrogen) atoms. The van der Waals surface area contributed by atoms with E-state index in [9.17, 15) is 4.79 Å². The molecule has 3 nitrogen and oxygen atoms in total. The predicted octanol–water partition coefficient (Wildman–Crippen LogP) is 4.17. The fourth-order valence-electron chi connectivity index (χ4n) is 2.70. The van der Waals surface area contributed by atoms with Crippen LogP contribution in [0.5, 0.6) is 0 Å². The van der Waals surface area contributed by atoms with Gasteiger partial charge in [-0.05, 0) is 40.6 Å². The molecule has 4 heteroatoms. The largest absolute Gasteiger partial charge is 0.322 e. The first kappa shape index (κ1) is 16.5. The molecule has 118 valence electrons. The molecule has 1 fully saturated rings. The van der Waals surface area contributed by atoms with E-state index in [0.717, 1.165) is 32.2 Å². The molecule has 0 aromatic carbocycles. The molecule has 1 aromatic heterocycles. The monoisotopic (exact) mass is 308 g/mol. The molecule has 2 heterocycles. The summed E-state index contributed by atoms with van der Waals surface area (Å²) >= 11 is 1.69. The highest BCUT2D eigenvalue weighted by molar-refractivity contribution is 7.07. The molecule has 1 amide bonds. The van der Waals surface area contributed by atoms with Crippen LogP contribution < -0.4 is 5.32 Å². The minimum atomic E-state index is -0.00480. The molecule has 0 bridgehead atoms. The van der Waals surface area contributed by atoms with Crippen molar-refractivity contribution in [2.45, 2.75) is 65.6 Å². The van der Waals surface area contributed by atoms with E-state index < -0.39 is 0 Å².